The minimum Gasteiger partial charge on any atom is -0.399 e. The van der Waals surface area contributed by atoms with Gasteiger partial charge >= 0.3 is 0 Å². The lowest BCUT2D eigenvalue weighted by atomic mass is 10.1. The molecule has 5 nitrogen and oxygen atoms in total. The van der Waals surface area contributed by atoms with Crippen LogP contribution in [0.1, 0.15) is 36.0 Å². The fourth-order valence-corrected chi connectivity index (χ4v) is 2.81. The standard InChI is InChI=1S/C15H24N4O/c1-19(12-4-2-3-5-12)9-8-18-14-7-6-11(16)10-13(14)15(17)20/h6-7,10,12,18H,2-5,8-9,16H2,1H3,(H2,17,20). The lowest BCUT2D eigenvalue weighted by molar-refractivity contribution is 0.100. The summed E-state index contributed by atoms with van der Waals surface area (Å²) in [6.45, 7) is 1.74. The number of benzene rings is 1. The van der Waals surface area contributed by atoms with Gasteiger partial charge in [-0.3, -0.25) is 4.79 Å². The first kappa shape index (κ1) is 14.7. The van der Waals surface area contributed by atoms with Gasteiger partial charge in [0.25, 0.3) is 5.91 Å². The largest absolute Gasteiger partial charge is 0.399 e. The van der Waals surface area contributed by atoms with Crippen LogP contribution in [-0.4, -0.2) is 37.0 Å². The number of rotatable bonds is 6. The Bertz CT molecular complexity index is 469. The highest BCUT2D eigenvalue weighted by Crippen LogP contribution is 2.22. The van der Waals surface area contributed by atoms with Crippen LogP contribution in [0.15, 0.2) is 18.2 Å². The maximum atomic E-state index is 11.4. The summed E-state index contributed by atoms with van der Waals surface area (Å²) in [7, 11) is 2.16. The lowest BCUT2D eigenvalue weighted by Gasteiger charge is -2.24. The third-order valence-corrected chi connectivity index (χ3v) is 4.04. The molecule has 1 aliphatic rings. The molecule has 5 heteroatoms. The minimum atomic E-state index is -0.455. The summed E-state index contributed by atoms with van der Waals surface area (Å²) in [6.07, 6.45) is 5.27. The van der Waals surface area contributed by atoms with E-state index in [0.717, 1.165) is 18.8 Å². The van der Waals surface area contributed by atoms with Crippen LogP contribution in [0.25, 0.3) is 0 Å². The normalized spacial score (nSPS) is 15.7. The molecule has 1 saturated carbocycles. The molecular formula is C15H24N4O. The topological polar surface area (TPSA) is 84.4 Å². The number of carbonyl (C=O) groups excluding carboxylic acids is 1. The quantitative estimate of drug-likeness (QED) is 0.690. The highest BCUT2D eigenvalue weighted by atomic mass is 16.1. The van der Waals surface area contributed by atoms with Crippen molar-refractivity contribution in [3.8, 4) is 0 Å². The molecule has 1 aliphatic carbocycles. The molecule has 1 amide bonds. The summed E-state index contributed by atoms with van der Waals surface area (Å²) in [5.74, 6) is -0.455. The second-order valence-electron chi connectivity index (χ2n) is 5.51. The molecule has 0 radical (unpaired) electrons. The number of nitrogen functional groups attached to an aromatic ring is 1. The van der Waals surface area contributed by atoms with Crippen molar-refractivity contribution in [2.75, 3.05) is 31.2 Å². The van der Waals surface area contributed by atoms with E-state index in [4.69, 9.17) is 11.5 Å². The molecule has 0 heterocycles. The maximum absolute atomic E-state index is 11.4. The number of hydrogen-bond donors (Lipinski definition) is 3. The van der Waals surface area contributed by atoms with Crippen molar-refractivity contribution >= 4 is 17.3 Å². The first-order valence-electron chi connectivity index (χ1n) is 7.21. The van der Waals surface area contributed by atoms with Gasteiger partial charge in [-0.25, -0.2) is 0 Å². The van der Waals surface area contributed by atoms with Gasteiger partial charge in [-0.2, -0.15) is 0 Å². The number of hydrogen-bond acceptors (Lipinski definition) is 4. The Morgan fingerprint density at radius 1 is 1.40 bits per heavy atom. The molecule has 1 aromatic rings. The van der Waals surface area contributed by atoms with Crippen molar-refractivity contribution in [2.24, 2.45) is 5.73 Å². The summed E-state index contributed by atoms with van der Waals surface area (Å²) in [5, 5.41) is 3.28. The smallest absolute Gasteiger partial charge is 0.250 e. The van der Waals surface area contributed by atoms with Gasteiger partial charge in [0.15, 0.2) is 0 Å². The fourth-order valence-electron chi connectivity index (χ4n) is 2.81. The third kappa shape index (κ3) is 3.63. The first-order chi connectivity index (χ1) is 9.58. The molecule has 110 valence electrons. The molecule has 20 heavy (non-hydrogen) atoms. The van der Waals surface area contributed by atoms with E-state index in [2.05, 4.69) is 17.3 Å². The third-order valence-electron chi connectivity index (χ3n) is 4.04. The van der Waals surface area contributed by atoms with Crippen LogP contribution in [0.5, 0.6) is 0 Å². The number of nitrogens with zero attached hydrogens (tertiary/aromatic N) is 1. The van der Waals surface area contributed by atoms with Crippen molar-refractivity contribution in [3.05, 3.63) is 23.8 Å². The first-order valence-corrected chi connectivity index (χ1v) is 7.21. The van der Waals surface area contributed by atoms with Crippen LogP contribution >= 0.6 is 0 Å². The molecule has 0 spiro atoms. The zero-order chi connectivity index (χ0) is 14.5. The summed E-state index contributed by atoms with van der Waals surface area (Å²) >= 11 is 0. The average Bonchev–Trinajstić information content (AvgIpc) is 2.94. The Labute approximate surface area is 120 Å². The molecule has 0 aromatic heterocycles. The number of amides is 1. The van der Waals surface area contributed by atoms with Crippen LogP contribution in [0.2, 0.25) is 0 Å². The molecule has 0 unspecified atom stereocenters. The molecular weight excluding hydrogens is 252 g/mol. The number of likely N-dealkylation sites (N-methyl/N-ethyl adjacent to an activating group) is 1. The predicted octanol–water partition coefficient (Wildman–Crippen LogP) is 1.65. The molecule has 5 N–H and O–H groups in total. The van der Waals surface area contributed by atoms with E-state index in [1.165, 1.54) is 25.7 Å². The van der Waals surface area contributed by atoms with E-state index in [0.29, 0.717) is 17.3 Å². The number of primary amides is 1. The number of carbonyl (C=O) groups is 1. The van der Waals surface area contributed by atoms with Crippen molar-refractivity contribution in [3.63, 3.8) is 0 Å². The van der Waals surface area contributed by atoms with Crippen molar-refractivity contribution in [1.29, 1.82) is 0 Å². The number of nitrogens with two attached hydrogens (primary N) is 2. The van der Waals surface area contributed by atoms with Gasteiger partial charge in [-0.05, 0) is 38.1 Å². The predicted molar refractivity (Wildman–Crippen MR) is 82.7 cm³/mol. The highest BCUT2D eigenvalue weighted by molar-refractivity contribution is 5.99. The summed E-state index contributed by atoms with van der Waals surface area (Å²) in [4.78, 5) is 13.8. The van der Waals surface area contributed by atoms with Gasteiger partial charge in [0.2, 0.25) is 0 Å². The second-order valence-corrected chi connectivity index (χ2v) is 5.51. The van der Waals surface area contributed by atoms with Crippen LogP contribution in [0.3, 0.4) is 0 Å². The molecule has 1 aromatic carbocycles. The van der Waals surface area contributed by atoms with E-state index in [9.17, 15) is 4.79 Å². The molecule has 0 saturated heterocycles. The molecule has 0 atom stereocenters. The Balaban J connectivity index is 1.89. The molecule has 2 rings (SSSR count). The van der Waals surface area contributed by atoms with E-state index in [-0.39, 0.29) is 0 Å². The van der Waals surface area contributed by atoms with Gasteiger partial charge in [0.05, 0.1) is 5.56 Å². The van der Waals surface area contributed by atoms with E-state index in [1.54, 1.807) is 12.1 Å². The van der Waals surface area contributed by atoms with Crippen LogP contribution in [0, 0.1) is 0 Å². The zero-order valence-corrected chi connectivity index (χ0v) is 12.1. The van der Waals surface area contributed by atoms with Crippen LogP contribution in [0.4, 0.5) is 11.4 Å². The van der Waals surface area contributed by atoms with Gasteiger partial charge in [-0.15, -0.1) is 0 Å². The Morgan fingerprint density at radius 2 is 2.10 bits per heavy atom. The SMILES string of the molecule is CN(CCNc1ccc(N)cc1C(N)=O)C1CCCC1. The van der Waals surface area contributed by atoms with Crippen molar-refractivity contribution in [1.82, 2.24) is 4.90 Å². The molecule has 0 bridgehead atoms. The molecule has 0 aliphatic heterocycles. The minimum absolute atomic E-state index is 0.452. The van der Waals surface area contributed by atoms with E-state index >= 15 is 0 Å². The fraction of sp³-hybridized carbons (Fsp3) is 0.533. The summed E-state index contributed by atoms with van der Waals surface area (Å²) < 4.78 is 0. The molecule has 1 fully saturated rings. The number of anilines is 2. The Hall–Kier alpha value is -1.75. The lowest BCUT2D eigenvalue weighted by Crippen LogP contribution is -2.33. The summed E-state index contributed by atoms with van der Waals surface area (Å²) in [6, 6.07) is 5.91. The number of nitrogens with one attached hydrogen (secondary N) is 1. The van der Waals surface area contributed by atoms with Gasteiger partial charge < -0.3 is 21.7 Å². The summed E-state index contributed by atoms with van der Waals surface area (Å²) in [5.41, 5.74) is 12.8. The van der Waals surface area contributed by atoms with Gasteiger partial charge in [0.1, 0.15) is 0 Å². The van der Waals surface area contributed by atoms with Crippen molar-refractivity contribution in [2.45, 2.75) is 31.7 Å². The average molecular weight is 276 g/mol. The van der Waals surface area contributed by atoms with E-state index < -0.39 is 5.91 Å². The van der Waals surface area contributed by atoms with Crippen LogP contribution < -0.4 is 16.8 Å². The maximum Gasteiger partial charge on any atom is 0.250 e. The zero-order valence-electron chi connectivity index (χ0n) is 12.1. The Kier molecular flexibility index (Phi) is 4.84. The van der Waals surface area contributed by atoms with Gasteiger partial charge in [-0.1, -0.05) is 12.8 Å². The monoisotopic (exact) mass is 276 g/mol. The van der Waals surface area contributed by atoms with Crippen LogP contribution in [-0.2, 0) is 0 Å². The Morgan fingerprint density at radius 3 is 2.75 bits per heavy atom. The second kappa shape index (κ2) is 6.61. The highest BCUT2D eigenvalue weighted by Gasteiger charge is 2.19. The van der Waals surface area contributed by atoms with Crippen molar-refractivity contribution < 1.29 is 4.79 Å². The van der Waals surface area contributed by atoms with Gasteiger partial charge in [0, 0.05) is 30.5 Å². The van der Waals surface area contributed by atoms with E-state index in [1.807, 2.05) is 6.07 Å².